The molecule has 0 fully saturated rings. The zero-order valence-corrected chi connectivity index (χ0v) is 11.3. The molecule has 0 radical (unpaired) electrons. The molecule has 0 amide bonds. The zero-order chi connectivity index (χ0) is 14.1. The smallest absolute Gasteiger partial charge is 0.135 e. The number of nitrogens with zero attached hydrogens (tertiary/aromatic N) is 1. The van der Waals surface area contributed by atoms with Crippen molar-refractivity contribution in [3.8, 4) is 6.07 Å². The van der Waals surface area contributed by atoms with Gasteiger partial charge >= 0.3 is 0 Å². The summed E-state index contributed by atoms with van der Waals surface area (Å²) in [6.07, 6.45) is 0. The first-order chi connectivity index (χ1) is 9.69. The Bertz CT molecular complexity index is 799. The van der Waals surface area contributed by atoms with E-state index in [1.165, 1.54) is 0 Å². The molecule has 3 aromatic rings. The van der Waals surface area contributed by atoms with Gasteiger partial charge in [-0.15, -0.1) is 0 Å². The van der Waals surface area contributed by atoms with Crippen molar-refractivity contribution in [2.24, 2.45) is 5.73 Å². The first-order valence-electron chi connectivity index (χ1n) is 6.12. The van der Waals surface area contributed by atoms with Crippen molar-refractivity contribution in [3.05, 3.63) is 70.4 Å². The topological polar surface area (TPSA) is 63.0 Å². The summed E-state index contributed by atoms with van der Waals surface area (Å²) in [5, 5.41) is 10.3. The first kappa shape index (κ1) is 12.7. The van der Waals surface area contributed by atoms with Gasteiger partial charge in [0.15, 0.2) is 0 Å². The number of benzene rings is 2. The molecule has 0 saturated carbocycles. The first-order valence-corrected chi connectivity index (χ1v) is 6.50. The molecule has 0 aliphatic heterocycles. The van der Waals surface area contributed by atoms with E-state index in [0.717, 1.165) is 16.5 Å². The molecule has 1 unspecified atom stereocenters. The Morgan fingerprint density at radius 1 is 1.15 bits per heavy atom. The van der Waals surface area contributed by atoms with E-state index in [1.807, 2.05) is 36.4 Å². The van der Waals surface area contributed by atoms with Crippen LogP contribution in [0.2, 0.25) is 5.02 Å². The lowest BCUT2D eigenvalue weighted by atomic mass is 10.0. The van der Waals surface area contributed by atoms with Crippen LogP contribution in [0.5, 0.6) is 0 Å². The van der Waals surface area contributed by atoms with Gasteiger partial charge in [-0.1, -0.05) is 29.8 Å². The third-order valence-corrected chi connectivity index (χ3v) is 3.56. The van der Waals surface area contributed by atoms with Crippen LogP contribution in [-0.4, -0.2) is 0 Å². The van der Waals surface area contributed by atoms with Gasteiger partial charge in [-0.25, -0.2) is 0 Å². The van der Waals surface area contributed by atoms with Gasteiger partial charge in [0.25, 0.3) is 0 Å². The Hall–Kier alpha value is -2.28. The lowest BCUT2D eigenvalue weighted by Gasteiger charge is -2.08. The van der Waals surface area contributed by atoms with E-state index in [9.17, 15) is 0 Å². The molecule has 20 heavy (non-hydrogen) atoms. The molecule has 98 valence electrons. The van der Waals surface area contributed by atoms with Crippen LogP contribution in [0.4, 0.5) is 0 Å². The third-order valence-electron chi connectivity index (χ3n) is 3.23. The predicted octanol–water partition coefficient (Wildman–Crippen LogP) is 4.01. The minimum atomic E-state index is -0.383. The fraction of sp³-hybridized carbons (Fsp3) is 0.0625. The summed E-state index contributed by atoms with van der Waals surface area (Å²) in [6, 6.07) is 16.2. The van der Waals surface area contributed by atoms with Crippen LogP contribution in [0.3, 0.4) is 0 Å². The molecular weight excluding hydrogens is 272 g/mol. The Morgan fingerprint density at radius 2 is 1.90 bits per heavy atom. The van der Waals surface area contributed by atoms with Crippen LogP contribution in [0, 0.1) is 11.3 Å². The van der Waals surface area contributed by atoms with Gasteiger partial charge in [0.1, 0.15) is 11.3 Å². The largest absolute Gasteiger partial charge is 0.459 e. The van der Waals surface area contributed by atoms with Gasteiger partial charge in [-0.05, 0) is 35.9 Å². The number of rotatable bonds is 2. The van der Waals surface area contributed by atoms with Gasteiger partial charge in [0, 0.05) is 5.39 Å². The van der Waals surface area contributed by atoms with E-state index >= 15 is 0 Å². The number of hydrogen-bond donors (Lipinski definition) is 1. The van der Waals surface area contributed by atoms with Crippen LogP contribution >= 0.6 is 11.6 Å². The van der Waals surface area contributed by atoms with Crippen LogP contribution in [0.25, 0.3) is 11.0 Å². The van der Waals surface area contributed by atoms with Crippen molar-refractivity contribution in [3.63, 3.8) is 0 Å². The zero-order valence-electron chi connectivity index (χ0n) is 10.5. The highest BCUT2D eigenvalue weighted by atomic mass is 35.5. The number of nitriles is 1. The molecular formula is C16H11ClN2O. The van der Waals surface area contributed by atoms with Crippen molar-refractivity contribution < 1.29 is 4.42 Å². The van der Waals surface area contributed by atoms with Gasteiger partial charge in [0.2, 0.25) is 0 Å². The van der Waals surface area contributed by atoms with E-state index in [1.54, 1.807) is 12.1 Å². The van der Waals surface area contributed by atoms with Crippen molar-refractivity contribution in [1.82, 2.24) is 0 Å². The van der Waals surface area contributed by atoms with Crippen LogP contribution in [0.1, 0.15) is 22.9 Å². The predicted molar refractivity (Wildman–Crippen MR) is 78.4 cm³/mol. The number of hydrogen-bond acceptors (Lipinski definition) is 3. The Morgan fingerprint density at radius 3 is 2.55 bits per heavy atom. The van der Waals surface area contributed by atoms with Crippen LogP contribution in [-0.2, 0) is 0 Å². The maximum Gasteiger partial charge on any atom is 0.135 e. The molecule has 0 bridgehead atoms. The average molecular weight is 283 g/mol. The Labute approximate surface area is 121 Å². The van der Waals surface area contributed by atoms with E-state index in [-0.39, 0.29) is 6.04 Å². The standard InChI is InChI=1S/C16H11ClN2O/c17-13-2-1-3-14-12(13)8-15(20-14)16(19)11-6-4-10(9-18)5-7-11/h1-8,16H,19H2. The molecule has 1 atom stereocenters. The molecule has 3 rings (SSSR count). The summed E-state index contributed by atoms with van der Waals surface area (Å²) < 4.78 is 5.75. The molecule has 4 heteroatoms. The van der Waals surface area contributed by atoms with Crippen molar-refractivity contribution >= 4 is 22.6 Å². The lowest BCUT2D eigenvalue weighted by Crippen LogP contribution is -2.10. The quantitative estimate of drug-likeness (QED) is 0.772. The molecule has 2 N–H and O–H groups in total. The van der Waals surface area contributed by atoms with Crippen LogP contribution < -0.4 is 5.73 Å². The Balaban J connectivity index is 2.01. The minimum Gasteiger partial charge on any atom is -0.459 e. The SMILES string of the molecule is N#Cc1ccc(C(N)c2cc3c(Cl)cccc3o2)cc1. The molecule has 0 spiro atoms. The number of nitrogens with two attached hydrogens (primary N) is 1. The third kappa shape index (κ3) is 2.16. The van der Waals surface area contributed by atoms with Gasteiger partial charge < -0.3 is 10.2 Å². The summed E-state index contributed by atoms with van der Waals surface area (Å²) in [6.45, 7) is 0. The summed E-state index contributed by atoms with van der Waals surface area (Å²) in [7, 11) is 0. The van der Waals surface area contributed by atoms with Gasteiger partial charge in [-0.3, -0.25) is 0 Å². The van der Waals surface area contributed by atoms with E-state index < -0.39 is 0 Å². The molecule has 2 aromatic carbocycles. The highest BCUT2D eigenvalue weighted by Gasteiger charge is 2.15. The molecule has 0 aliphatic carbocycles. The van der Waals surface area contributed by atoms with Crippen molar-refractivity contribution in [2.45, 2.75) is 6.04 Å². The maximum atomic E-state index is 8.80. The van der Waals surface area contributed by atoms with E-state index in [0.29, 0.717) is 16.3 Å². The molecule has 0 saturated heterocycles. The monoisotopic (exact) mass is 282 g/mol. The Kier molecular flexibility index (Phi) is 3.19. The summed E-state index contributed by atoms with van der Waals surface area (Å²) in [5.74, 6) is 0.651. The minimum absolute atomic E-state index is 0.383. The second kappa shape index (κ2) is 5.01. The van der Waals surface area contributed by atoms with Gasteiger partial charge in [0.05, 0.1) is 22.7 Å². The van der Waals surface area contributed by atoms with Crippen molar-refractivity contribution in [1.29, 1.82) is 5.26 Å². The van der Waals surface area contributed by atoms with Crippen molar-refractivity contribution in [2.75, 3.05) is 0 Å². The highest BCUT2D eigenvalue weighted by molar-refractivity contribution is 6.35. The molecule has 1 aromatic heterocycles. The van der Waals surface area contributed by atoms with Crippen LogP contribution in [0.15, 0.2) is 52.9 Å². The number of fused-ring (bicyclic) bond motifs is 1. The summed E-state index contributed by atoms with van der Waals surface area (Å²) in [4.78, 5) is 0. The number of halogens is 1. The maximum absolute atomic E-state index is 8.80. The highest BCUT2D eigenvalue weighted by Crippen LogP contribution is 2.30. The molecule has 3 nitrogen and oxygen atoms in total. The number of furan rings is 1. The van der Waals surface area contributed by atoms with E-state index in [4.69, 9.17) is 27.0 Å². The molecule has 0 aliphatic rings. The van der Waals surface area contributed by atoms with E-state index in [2.05, 4.69) is 6.07 Å². The fourth-order valence-corrected chi connectivity index (χ4v) is 2.35. The second-order valence-corrected chi connectivity index (χ2v) is 4.92. The lowest BCUT2D eigenvalue weighted by molar-refractivity contribution is 0.525. The normalized spacial score (nSPS) is 12.2. The summed E-state index contributed by atoms with van der Waals surface area (Å²) in [5.41, 5.74) is 8.41. The molecule has 1 heterocycles. The summed E-state index contributed by atoms with van der Waals surface area (Å²) >= 11 is 6.12. The second-order valence-electron chi connectivity index (χ2n) is 4.51. The average Bonchev–Trinajstić information content (AvgIpc) is 2.92. The fourth-order valence-electron chi connectivity index (χ4n) is 2.13. The van der Waals surface area contributed by atoms with Gasteiger partial charge in [-0.2, -0.15) is 5.26 Å².